The van der Waals surface area contributed by atoms with Crippen LogP contribution >= 0.6 is 0 Å². The molecule has 0 radical (unpaired) electrons. The second-order valence-corrected chi connectivity index (χ2v) is 8.41. The molecule has 148 valence electrons. The molecule has 2 saturated heterocycles. The van der Waals surface area contributed by atoms with Gasteiger partial charge in [-0.15, -0.1) is 0 Å². The van der Waals surface area contributed by atoms with Crippen molar-refractivity contribution in [1.29, 1.82) is 0 Å². The van der Waals surface area contributed by atoms with E-state index in [0.717, 1.165) is 49.7 Å². The molecular weight excluding hydrogens is 344 g/mol. The van der Waals surface area contributed by atoms with Crippen molar-refractivity contribution in [2.45, 2.75) is 45.1 Å². The van der Waals surface area contributed by atoms with Crippen LogP contribution in [0.25, 0.3) is 0 Å². The second kappa shape index (κ2) is 7.72. The predicted octanol–water partition coefficient (Wildman–Crippen LogP) is 1.75. The van der Waals surface area contributed by atoms with Crippen LogP contribution in [0.4, 0.5) is 5.95 Å². The molecule has 1 atom stereocenters. The number of likely N-dealkylation sites (tertiary alicyclic amines) is 1. The molecule has 0 saturated carbocycles. The molecule has 7 nitrogen and oxygen atoms in total. The lowest BCUT2D eigenvalue weighted by molar-refractivity contribution is -0.130. The number of aromatic nitrogens is 2. The van der Waals surface area contributed by atoms with Gasteiger partial charge in [0.15, 0.2) is 0 Å². The summed E-state index contributed by atoms with van der Waals surface area (Å²) >= 11 is 0. The summed E-state index contributed by atoms with van der Waals surface area (Å²) in [4.78, 5) is 26.4. The highest BCUT2D eigenvalue weighted by Gasteiger charge is 2.46. The van der Waals surface area contributed by atoms with Crippen molar-refractivity contribution in [1.82, 2.24) is 14.9 Å². The normalized spacial score (nSPS) is 25.3. The van der Waals surface area contributed by atoms with E-state index in [1.165, 1.54) is 0 Å². The van der Waals surface area contributed by atoms with Crippen molar-refractivity contribution in [3.63, 3.8) is 0 Å². The highest BCUT2D eigenvalue weighted by atomic mass is 16.5. The molecule has 27 heavy (non-hydrogen) atoms. The van der Waals surface area contributed by atoms with Crippen molar-refractivity contribution in [3.05, 3.63) is 17.5 Å². The van der Waals surface area contributed by atoms with Crippen LogP contribution in [0.3, 0.4) is 0 Å². The van der Waals surface area contributed by atoms with Crippen molar-refractivity contribution in [2.75, 3.05) is 50.9 Å². The Labute approximate surface area is 161 Å². The van der Waals surface area contributed by atoms with Gasteiger partial charge in [0.05, 0.1) is 37.5 Å². The van der Waals surface area contributed by atoms with Gasteiger partial charge in [-0.1, -0.05) is 13.8 Å². The van der Waals surface area contributed by atoms with Gasteiger partial charge < -0.3 is 19.3 Å². The summed E-state index contributed by atoms with van der Waals surface area (Å²) in [6, 6.07) is 0. The summed E-state index contributed by atoms with van der Waals surface area (Å²) in [5, 5.41) is 0. The Hall–Kier alpha value is -1.73. The van der Waals surface area contributed by atoms with Gasteiger partial charge in [-0.25, -0.2) is 9.97 Å². The Balaban J connectivity index is 1.54. The first-order chi connectivity index (χ1) is 13.1. The first-order valence-electron chi connectivity index (χ1n) is 10.1. The maximum atomic E-state index is 12.6. The number of hydrogen-bond acceptors (Lipinski definition) is 6. The minimum Gasteiger partial charge on any atom is -0.378 e. The van der Waals surface area contributed by atoms with E-state index in [-0.39, 0.29) is 11.3 Å². The number of fused-ring (bicyclic) bond motifs is 2. The van der Waals surface area contributed by atoms with Crippen molar-refractivity contribution < 1.29 is 14.3 Å². The Morgan fingerprint density at radius 1 is 1.26 bits per heavy atom. The lowest BCUT2D eigenvalue weighted by Crippen LogP contribution is -2.43. The molecule has 4 heterocycles. The second-order valence-electron chi connectivity index (χ2n) is 8.41. The highest BCUT2D eigenvalue weighted by Crippen LogP contribution is 2.39. The van der Waals surface area contributed by atoms with E-state index in [0.29, 0.717) is 45.3 Å². The fraction of sp³-hybridized carbons (Fsp3) is 0.750. The van der Waals surface area contributed by atoms with Crippen LogP contribution in [0.1, 0.15) is 44.4 Å². The molecule has 0 N–H and O–H groups in total. The molecule has 0 bridgehead atoms. The highest BCUT2D eigenvalue weighted by molar-refractivity contribution is 5.76. The zero-order valence-corrected chi connectivity index (χ0v) is 16.4. The van der Waals surface area contributed by atoms with Gasteiger partial charge >= 0.3 is 0 Å². The molecule has 4 rings (SSSR count). The first kappa shape index (κ1) is 18.6. The number of carbonyl (C=O) groups is 1. The molecule has 3 aliphatic rings. The summed E-state index contributed by atoms with van der Waals surface area (Å²) in [6.45, 7) is 10.1. The number of amides is 1. The molecule has 1 unspecified atom stereocenters. The summed E-state index contributed by atoms with van der Waals surface area (Å²) in [5.41, 5.74) is 1.96. The van der Waals surface area contributed by atoms with Crippen LogP contribution in [-0.4, -0.2) is 66.8 Å². The standard InChI is InChI=1S/C20H30N4O3/c1-15(2)3-4-17(25)24-6-5-20(13-24)14-27-12-16-11-21-19(22-18(16)20)23-7-9-26-10-8-23/h11,15H,3-10,12-14H2,1-2H3. The lowest BCUT2D eigenvalue weighted by Gasteiger charge is -2.35. The molecule has 1 aromatic heterocycles. The van der Waals surface area contributed by atoms with Gasteiger partial charge in [-0.05, 0) is 18.8 Å². The molecule has 1 aromatic rings. The third-order valence-corrected chi connectivity index (χ3v) is 5.93. The third-order valence-electron chi connectivity index (χ3n) is 5.93. The predicted molar refractivity (Wildman–Crippen MR) is 102 cm³/mol. The topological polar surface area (TPSA) is 67.8 Å². The van der Waals surface area contributed by atoms with Gasteiger partial charge in [0.2, 0.25) is 11.9 Å². The number of ether oxygens (including phenoxy) is 2. The Morgan fingerprint density at radius 3 is 2.85 bits per heavy atom. The van der Waals surface area contributed by atoms with E-state index in [1.54, 1.807) is 0 Å². The maximum Gasteiger partial charge on any atom is 0.225 e. The van der Waals surface area contributed by atoms with Gasteiger partial charge in [0, 0.05) is 44.4 Å². The number of hydrogen-bond donors (Lipinski definition) is 0. The van der Waals surface area contributed by atoms with Gasteiger partial charge in [-0.2, -0.15) is 0 Å². The molecular formula is C20H30N4O3. The number of rotatable bonds is 4. The maximum absolute atomic E-state index is 12.6. The van der Waals surface area contributed by atoms with E-state index in [9.17, 15) is 4.79 Å². The van der Waals surface area contributed by atoms with Crippen molar-refractivity contribution >= 4 is 11.9 Å². The zero-order valence-electron chi connectivity index (χ0n) is 16.4. The summed E-state index contributed by atoms with van der Waals surface area (Å²) < 4.78 is 11.3. The van der Waals surface area contributed by atoms with Crippen LogP contribution < -0.4 is 4.90 Å². The quantitative estimate of drug-likeness (QED) is 0.800. The number of carbonyl (C=O) groups excluding carboxylic acids is 1. The van der Waals surface area contributed by atoms with Gasteiger partial charge in [0.1, 0.15) is 0 Å². The smallest absolute Gasteiger partial charge is 0.225 e. The molecule has 7 heteroatoms. The van der Waals surface area contributed by atoms with E-state index in [1.807, 2.05) is 11.1 Å². The van der Waals surface area contributed by atoms with Crippen LogP contribution in [-0.2, 0) is 26.3 Å². The summed E-state index contributed by atoms with van der Waals surface area (Å²) in [6.07, 6.45) is 4.40. The fourth-order valence-corrected chi connectivity index (χ4v) is 4.27. The molecule has 1 spiro atoms. The summed E-state index contributed by atoms with van der Waals surface area (Å²) in [7, 11) is 0. The van der Waals surface area contributed by atoms with Crippen LogP contribution in [0.15, 0.2) is 6.20 Å². The molecule has 1 amide bonds. The summed E-state index contributed by atoms with van der Waals surface area (Å²) in [5.74, 6) is 1.59. The van der Waals surface area contributed by atoms with Crippen LogP contribution in [0.2, 0.25) is 0 Å². The van der Waals surface area contributed by atoms with Gasteiger partial charge in [0.25, 0.3) is 0 Å². The Bertz CT molecular complexity index is 690. The van der Waals surface area contributed by atoms with E-state index >= 15 is 0 Å². The molecule has 2 fully saturated rings. The Morgan fingerprint density at radius 2 is 2.07 bits per heavy atom. The monoisotopic (exact) mass is 374 g/mol. The van der Waals surface area contributed by atoms with E-state index < -0.39 is 0 Å². The zero-order chi connectivity index (χ0) is 18.9. The number of nitrogens with zero attached hydrogens (tertiary/aromatic N) is 4. The molecule has 0 aliphatic carbocycles. The average Bonchev–Trinajstić information content (AvgIpc) is 3.12. The van der Waals surface area contributed by atoms with Crippen molar-refractivity contribution in [2.24, 2.45) is 5.92 Å². The molecule has 0 aromatic carbocycles. The minimum absolute atomic E-state index is 0.189. The number of morpholine rings is 1. The number of anilines is 1. The van der Waals surface area contributed by atoms with Crippen molar-refractivity contribution in [3.8, 4) is 0 Å². The van der Waals surface area contributed by atoms with Crippen LogP contribution in [0.5, 0.6) is 0 Å². The third kappa shape index (κ3) is 3.80. The van der Waals surface area contributed by atoms with E-state index in [2.05, 4.69) is 23.7 Å². The molecule has 3 aliphatic heterocycles. The lowest BCUT2D eigenvalue weighted by atomic mass is 9.80. The SMILES string of the molecule is CC(C)CCC(=O)N1CCC2(COCc3cnc(N4CCOCC4)nc32)C1. The minimum atomic E-state index is -0.189. The Kier molecular flexibility index (Phi) is 5.32. The fourth-order valence-electron chi connectivity index (χ4n) is 4.27. The average molecular weight is 374 g/mol. The van der Waals surface area contributed by atoms with E-state index in [4.69, 9.17) is 14.5 Å². The van der Waals surface area contributed by atoms with Crippen LogP contribution in [0, 0.1) is 5.92 Å². The first-order valence-corrected chi connectivity index (χ1v) is 10.1. The largest absolute Gasteiger partial charge is 0.378 e. The van der Waals surface area contributed by atoms with Gasteiger partial charge in [-0.3, -0.25) is 4.79 Å².